The van der Waals surface area contributed by atoms with Gasteiger partial charge in [-0.05, 0) is 34.4 Å². The van der Waals surface area contributed by atoms with Crippen LogP contribution in [0.5, 0.6) is 5.75 Å². The molecule has 0 saturated heterocycles. The smallest absolute Gasteiger partial charge is 0.285 e. The Morgan fingerprint density at radius 1 is 1.16 bits per heavy atom. The van der Waals surface area contributed by atoms with E-state index in [-0.39, 0.29) is 5.02 Å². The van der Waals surface area contributed by atoms with E-state index in [0.717, 1.165) is 29.9 Å². The van der Waals surface area contributed by atoms with Gasteiger partial charge in [0.25, 0.3) is 5.56 Å². The molecule has 3 aromatic rings. The van der Waals surface area contributed by atoms with E-state index in [1.807, 2.05) is 6.07 Å². The third-order valence-electron chi connectivity index (χ3n) is 4.26. The van der Waals surface area contributed by atoms with Crippen LogP contribution in [-0.4, -0.2) is 16.8 Å². The van der Waals surface area contributed by atoms with Crippen LogP contribution in [0.15, 0.2) is 53.5 Å². The van der Waals surface area contributed by atoms with Gasteiger partial charge < -0.3 is 10.1 Å². The van der Waals surface area contributed by atoms with Crippen molar-refractivity contribution in [2.24, 2.45) is 0 Å². The van der Waals surface area contributed by atoms with Crippen LogP contribution in [0.2, 0.25) is 5.02 Å². The number of fused-ring (bicyclic) bond motifs is 1. The SMILES string of the molecule is O=c1[nH]ncc(NCc2ccc(-c3ccc4c(c3)CCO4)cc2)c1Cl. The fraction of sp³-hybridized carbons (Fsp3) is 0.158. The molecule has 0 unspecified atom stereocenters. The minimum absolute atomic E-state index is 0.118. The van der Waals surface area contributed by atoms with Gasteiger partial charge in [-0.15, -0.1) is 0 Å². The molecule has 0 aliphatic carbocycles. The Kier molecular flexibility index (Phi) is 4.15. The zero-order valence-corrected chi connectivity index (χ0v) is 14.1. The summed E-state index contributed by atoms with van der Waals surface area (Å²) in [6, 6.07) is 14.6. The standard InChI is InChI=1S/C19H16ClN3O2/c20-18-16(11-22-23-19(18)24)21-10-12-1-3-13(4-2-12)14-5-6-17-15(9-14)7-8-25-17/h1-6,9,11H,7-8,10H2,(H2,21,23,24). The van der Waals surface area contributed by atoms with Crippen LogP contribution in [0.25, 0.3) is 11.1 Å². The molecule has 25 heavy (non-hydrogen) atoms. The maximum absolute atomic E-state index is 11.4. The zero-order chi connectivity index (χ0) is 17.2. The first-order valence-electron chi connectivity index (χ1n) is 8.03. The summed E-state index contributed by atoms with van der Waals surface area (Å²) in [4.78, 5) is 11.4. The maximum atomic E-state index is 11.4. The number of ether oxygens (including phenoxy) is 1. The third kappa shape index (κ3) is 3.23. The van der Waals surface area contributed by atoms with Crippen LogP contribution >= 0.6 is 11.6 Å². The first-order valence-corrected chi connectivity index (χ1v) is 8.40. The van der Waals surface area contributed by atoms with Crippen LogP contribution in [0.4, 0.5) is 5.69 Å². The predicted octanol–water partition coefficient (Wildman–Crippen LogP) is 3.64. The maximum Gasteiger partial charge on any atom is 0.285 e. The van der Waals surface area contributed by atoms with Crippen molar-refractivity contribution in [3.8, 4) is 16.9 Å². The number of aromatic nitrogens is 2. The minimum Gasteiger partial charge on any atom is -0.493 e. The van der Waals surface area contributed by atoms with Gasteiger partial charge in [0.05, 0.1) is 18.5 Å². The van der Waals surface area contributed by atoms with Gasteiger partial charge in [-0.3, -0.25) is 4.79 Å². The lowest BCUT2D eigenvalue weighted by atomic mass is 10.0. The predicted molar refractivity (Wildman–Crippen MR) is 98.3 cm³/mol. The van der Waals surface area contributed by atoms with Crippen molar-refractivity contribution >= 4 is 17.3 Å². The zero-order valence-electron chi connectivity index (χ0n) is 13.4. The summed E-state index contributed by atoms with van der Waals surface area (Å²) < 4.78 is 5.55. The molecule has 4 rings (SSSR count). The number of nitrogens with zero attached hydrogens (tertiary/aromatic N) is 1. The van der Waals surface area contributed by atoms with Crippen molar-refractivity contribution in [1.82, 2.24) is 10.2 Å². The van der Waals surface area contributed by atoms with E-state index in [1.54, 1.807) is 0 Å². The Morgan fingerprint density at radius 3 is 2.80 bits per heavy atom. The minimum atomic E-state index is -0.400. The van der Waals surface area contributed by atoms with E-state index in [4.69, 9.17) is 16.3 Å². The van der Waals surface area contributed by atoms with E-state index in [2.05, 4.69) is 51.9 Å². The molecule has 0 atom stereocenters. The lowest BCUT2D eigenvalue weighted by molar-refractivity contribution is 0.357. The molecule has 0 fully saturated rings. The van der Waals surface area contributed by atoms with E-state index in [0.29, 0.717) is 12.2 Å². The van der Waals surface area contributed by atoms with Crippen LogP contribution in [0.1, 0.15) is 11.1 Å². The molecule has 0 bridgehead atoms. The molecule has 0 radical (unpaired) electrons. The van der Waals surface area contributed by atoms with Crippen molar-refractivity contribution in [2.45, 2.75) is 13.0 Å². The van der Waals surface area contributed by atoms with Gasteiger partial charge in [0.2, 0.25) is 0 Å². The van der Waals surface area contributed by atoms with Crippen LogP contribution in [0, 0.1) is 0 Å². The average Bonchev–Trinajstić information content (AvgIpc) is 3.11. The fourth-order valence-corrected chi connectivity index (χ4v) is 3.04. The van der Waals surface area contributed by atoms with Gasteiger partial charge in [-0.1, -0.05) is 41.9 Å². The molecule has 6 heteroatoms. The highest BCUT2D eigenvalue weighted by Crippen LogP contribution is 2.30. The number of rotatable bonds is 4. The summed E-state index contributed by atoms with van der Waals surface area (Å²) in [6.45, 7) is 1.33. The largest absolute Gasteiger partial charge is 0.493 e. The number of halogens is 1. The number of benzene rings is 2. The molecular weight excluding hydrogens is 338 g/mol. The second-order valence-electron chi connectivity index (χ2n) is 5.90. The summed E-state index contributed by atoms with van der Waals surface area (Å²) in [5, 5.41) is 9.29. The van der Waals surface area contributed by atoms with Crippen molar-refractivity contribution in [3.05, 3.63) is 75.2 Å². The quantitative estimate of drug-likeness (QED) is 0.751. The van der Waals surface area contributed by atoms with Gasteiger partial charge >= 0.3 is 0 Å². The first kappa shape index (κ1) is 15.7. The molecule has 2 N–H and O–H groups in total. The second-order valence-corrected chi connectivity index (χ2v) is 6.28. The molecule has 0 amide bonds. The van der Waals surface area contributed by atoms with Crippen molar-refractivity contribution < 1.29 is 4.74 Å². The van der Waals surface area contributed by atoms with Crippen LogP contribution in [-0.2, 0) is 13.0 Å². The molecule has 2 aromatic carbocycles. The van der Waals surface area contributed by atoms with Gasteiger partial charge in [-0.25, -0.2) is 5.10 Å². The van der Waals surface area contributed by atoms with Crippen molar-refractivity contribution in [3.63, 3.8) is 0 Å². The first-order chi connectivity index (χ1) is 12.2. The molecule has 1 aromatic heterocycles. The Morgan fingerprint density at radius 2 is 1.96 bits per heavy atom. The van der Waals surface area contributed by atoms with Crippen LogP contribution < -0.4 is 15.6 Å². The number of hydrogen-bond donors (Lipinski definition) is 2. The lowest BCUT2D eigenvalue weighted by Crippen LogP contribution is -2.11. The summed E-state index contributed by atoms with van der Waals surface area (Å²) in [7, 11) is 0. The molecular formula is C19H16ClN3O2. The second kappa shape index (κ2) is 6.61. The van der Waals surface area contributed by atoms with E-state index >= 15 is 0 Å². The average molecular weight is 354 g/mol. The Labute approximate surface area is 149 Å². The molecule has 1 aliphatic heterocycles. The number of nitrogens with one attached hydrogen (secondary N) is 2. The molecule has 126 valence electrons. The lowest BCUT2D eigenvalue weighted by Gasteiger charge is -2.09. The van der Waals surface area contributed by atoms with Crippen molar-refractivity contribution in [2.75, 3.05) is 11.9 Å². The van der Waals surface area contributed by atoms with Gasteiger partial charge in [-0.2, -0.15) is 5.10 Å². The number of anilines is 1. The fourth-order valence-electron chi connectivity index (χ4n) is 2.89. The highest BCUT2D eigenvalue weighted by atomic mass is 35.5. The summed E-state index contributed by atoms with van der Waals surface area (Å²) in [6.07, 6.45) is 2.47. The molecule has 0 spiro atoms. The summed E-state index contributed by atoms with van der Waals surface area (Å²) >= 11 is 5.95. The molecule has 0 saturated carbocycles. The van der Waals surface area contributed by atoms with Crippen molar-refractivity contribution in [1.29, 1.82) is 0 Å². The Hall–Kier alpha value is -2.79. The third-order valence-corrected chi connectivity index (χ3v) is 4.63. The van der Waals surface area contributed by atoms with Gasteiger partial charge in [0, 0.05) is 13.0 Å². The summed E-state index contributed by atoms with van der Waals surface area (Å²) in [5.74, 6) is 0.993. The number of aromatic amines is 1. The van der Waals surface area contributed by atoms with E-state index in [9.17, 15) is 4.79 Å². The summed E-state index contributed by atoms with van der Waals surface area (Å²) in [5.41, 5.74) is 4.82. The number of H-pyrrole nitrogens is 1. The molecule has 2 heterocycles. The van der Waals surface area contributed by atoms with E-state index < -0.39 is 5.56 Å². The Bertz CT molecular complexity index is 967. The molecule has 1 aliphatic rings. The number of hydrogen-bond acceptors (Lipinski definition) is 4. The highest BCUT2D eigenvalue weighted by molar-refractivity contribution is 6.32. The topological polar surface area (TPSA) is 67.0 Å². The highest BCUT2D eigenvalue weighted by Gasteiger charge is 2.12. The van der Waals surface area contributed by atoms with Crippen LogP contribution in [0.3, 0.4) is 0 Å². The molecule has 5 nitrogen and oxygen atoms in total. The van der Waals surface area contributed by atoms with Gasteiger partial charge in [0.15, 0.2) is 0 Å². The van der Waals surface area contributed by atoms with Gasteiger partial charge in [0.1, 0.15) is 10.8 Å². The monoisotopic (exact) mass is 353 g/mol. The normalized spacial score (nSPS) is 12.5. The van der Waals surface area contributed by atoms with E-state index in [1.165, 1.54) is 17.3 Å². The Balaban J connectivity index is 1.48.